The number of ketones is 1. The molecule has 1 amide bonds. The number of amides is 1. The molecule has 6 heteroatoms. The zero-order valence-electron chi connectivity index (χ0n) is 13.7. The van der Waals surface area contributed by atoms with Gasteiger partial charge in [-0.1, -0.05) is 12.1 Å². The number of rotatable bonds is 3. The van der Waals surface area contributed by atoms with Crippen LogP contribution < -0.4 is 4.74 Å². The number of ether oxygens (including phenoxy) is 1. The van der Waals surface area contributed by atoms with Crippen LogP contribution in [0, 0.1) is 5.82 Å². The number of likely N-dealkylation sites (N-methyl/N-ethyl adjacent to an activating group) is 1. The van der Waals surface area contributed by atoms with Crippen LogP contribution in [0.3, 0.4) is 0 Å². The molecule has 0 unspecified atom stereocenters. The highest BCUT2D eigenvalue weighted by molar-refractivity contribution is 6.46. The van der Waals surface area contributed by atoms with Crippen LogP contribution in [0.25, 0.3) is 5.76 Å². The van der Waals surface area contributed by atoms with E-state index in [1.54, 1.807) is 30.3 Å². The smallest absolute Gasteiger partial charge is 0.295 e. The molecule has 0 aromatic heterocycles. The molecule has 128 valence electrons. The zero-order chi connectivity index (χ0) is 18.1. The molecule has 2 aromatic rings. The van der Waals surface area contributed by atoms with E-state index in [2.05, 4.69) is 0 Å². The normalized spacial score (nSPS) is 19.3. The molecular formula is C19H16FNO4. The van der Waals surface area contributed by atoms with Crippen LogP contribution in [0.5, 0.6) is 5.75 Å². The fourth-order valence-electron chi connectivity index (χ4n) is 2.92. The molecule has 3 rings (SSSR count). The molecule has 0 saturated carbocycles. The van der Waals surface area contributed by atoms with Crippen molar-refractivity contribution in [2.24, 2.45) is 0 Å². The summed E-state index contributed by atoms with van der Waals surface area (Å²) in [7, 11) is 2.96. The van der Waals surface area contributed by atoms with Gasteiger partial charge in [0.25, 0.3) is 11.7 Å². The van der Waals surface area contributed by atoms with Gasteiger partial charge in [0.1, 0.15) is 17.3 Å². The molecule has 0 bridgehead atoms. The van der Waals surface area contributed by atoms with Gasteiger partial charge in [0.15, 0.2) is 0 Å². The summed E-state index contributed by atoms with van der Waals surface area (Å²) in [6, 6.07) is 11.2. The summed E-state index contributed by atoms with van der Waals surface area (Å²) in [5.41, 5.74) is 0.716. The quantitative estimate of drug-likeness (QED) is 0.530. The van der Waals surface area contributed by atoms with Crippen LogP contribution >= 0.6 is 0 Å². The molecule has 1 fully saturated rings. The molecule has 5 nitrogen and oxygen atoms in total. The molecule has 0 spiro atoms. The molecule has 2 aromatic carbocycles. The molecule has 25 heavy (non-hydrogen) atoms. The minimum absolute atomic E-state index is 0.0664. The molecule has 0 aliphatic carbocycles. The lowest BCUT2D eigenvalue weighted by Gasteiger charge is -2.21. The maximum atomic E-state index is 13.6. The maximum Gasteiger partial charge on any atom is 0.295 e. The standard InChI is InChI=1S/C19H16FNO4/c1-21-16(12-4-3-5-13(20)10-12)15(18(23)19(21)24)17(22)11-6-8-14(25-2)9-7-11/h3-10,16,22H,1-2H3/t16-/m1/s1. The van der Waals surface area contributed by atoms with Gasteiger partial charge in [0.05, 0.1) is 18.7 Å². The van der Waals surface area contributed by atoms with E-state index in [-0.39, 0.29) is 11.3 Å². The average Bonchev–Trinajstić information content (AvgIpc) is 2.85. The fraction of sp³-hybridized carbons (Fsp3) is 0.158. The van der Waals surface area contributed by atoms with Gasteiger partial charge in [0, 0.05) is 12.6 Å². The molecular weight excluding hydrogens is 325 g/mol. The molecule has 1 N–H and O–H groups in total. The van der Waals surface area contributed by atoms with Gasteiger partial charge in [-0.3, -0.25) is 9.59 Å². The van der Waals surface area contributed by atoms with E-state index in [4.69, 9.17) is 4.74 Å². The zero-order valence-corrected chi connectivity index (χ0v) is 13.7. The lowest BCUT2D eigenvalue weighted by Crippen LogP contribution is -2.24. The Bertz CT molecular complexity index is 873. The van der Waals surface area contributed by atoms with E-state index in [1.165, 1.54) is 37.3 Å². The van der Waals surface area contributed by atoms with E-state index in [1.807, 2.05) is 0 Å². The van der Waals surface area contributed by atoms with E-state index in [0.29, 0.717) is 16.9 Å². The number of aliphatic hydroxyl groups excluding tert-OH is 1. The monoisotopic (exact) mass is 341 g/mol. The Morgan fingerprint density at radius 3 is 2.44 bits per heavy atom. The predicted molar refractivity (Wildman–Crippen MR) is 89.5 cm³/mol. The predicted octanol–water partition coefficient (Wildman–Crippen LogP) is 2.89. The van der Waals surface area contributed by atoms with Gasteiger partial charge >= 0.3 is 0 Å². The number of halogens is 1. The van der Waals surface area contributed by atoms with Crippen molar-refractivity contribution < 1.29 is 23.8 Å². The lowest BCUT2D eigenvalue weighted by molar-refractivity contribution is -0.139. The summed E-state index contributed by atoms with van der Waals surface area (Å²) in [6.45, 7) is 0. The highest BCUT2D eigenvalue weighted by atomic mass is 19.1. The largest absolute Gasteiger partial charge is 0.507 e. The SMILES string of the molecule is COc1ccc(C(O)=C2C(=O)C(=O)N(C)[C@@H]2c2cccc(F)c2)cc1. The van der Waals surface area contributed by atoms with E-state index in [9.17, 15) is 19.1 Å². The molecule has 0 radical (unpaired) electrons. The van der Waals surface area contributed by atoms with Crippen molar-refractivity contribution in [1.82, 2.24) is 4.90 Å². The molecule has 1 aliphatic heterocycles. The maximum absolute atomic E-state index is 13.6. The Kier molecular flexibility index (Phi) is 4.27. The summed E-state index contributed by atoms with van der Waals surface area (Å²) in [4.78, 5) is 25.7. The number of Topliss-reactive ketones (excluding diaryl/α,β-unsaturated/α-hetero) is 1. The first-order chi connectivity index (χ1) is 11.9. The summed E-state index contributed by atoms with van der Waals surface area (Å²) in [5, 5.41) is 10.6. The first-order valence-electron chi connectivity index (χ1n) is 7.58. The number of hydrogen-bond donors (Lipinski definition) is 1. The summed E-state index contributed by atoms with van der Waals surface area (Å²) in [5.74, 6) is -1.75. The summed E-state index contributed by atoms with van der Waals surface area (Å²) >= 11 is 0. The first kappa shape index (κ1) is 16.7. The molecule has 1 aliphatic rings. The Hall–Kier alpha value is -3.15. The highest BCUT2D eigenvalue weighted by Crippen LogP contribution is 2.38. The Balaban J connectivity index is 2.14. The second kappa shape index (κ2) is 6.39. The third-order valence-electron chi connectivity index (χ3n) is 4.20. The lowest BCUT2D eigenvalue weighted by atomic mass is 9.95. The second-order valence-electron chi connectivity index (χ2n) is 5.69. The van der Waals surface area contributed by atoms with Crippen LogP contribution in [-0.2, 0) is 9.59 Å². The third-order valence-corrected chi connectivity index (χ3v) is 4.20. The van der Waals surface area contributed by atoms with Crippen molar-refractivity contribution in [3.05, 3.63) is 71.0 Å². The summed E-state index contributed by atoms with van der Waals surface area (Å²) in [6.07, 6.45) is 0. The minimum atomic E-state index is -0.849. The van der Waals surface area contributed by atoms with Crippen molar-refractivity contribution in [3.63, 3.8) is 0 Å². The van der Waals surface area contributed by atoms with E-state index in [0.717, 1.165) is 0 Å². The Morgan fingerprint density at radius 1 is 1.16 bits per heavy atom. The van der Waals surface area contributed by atoms with Crippen molar-refractivity contribution in [1.29, 1.82) is 0 Å². The number of nitrogens with zero attached hydrogens (tertiary/aromatic N) is 1. The van der Waals surface area contributed by atoms with E-state index < -0.39 is 23.5 Å². The van der Waals surface area contributed by atoms with Gasteiger partial charge in [-0.25, -0.2) is 4.39 Å². The van der Waals surface area contributed by atoms with Crippen LogP contribution in [-0.4, -0.2) is 35.9 Å². The summed E-state index contributed by atoms with van der Waals surface area (Å²) < 4.78 is 18.7. The minimum Gasteiger partial charge on any atom is -0.507 e. The number of carbonyl (C=O) groups excluding carboxylic acids is 2. The van der Waals surface area contributed by atoms with Crippen LogP contribution in [0.4, 0.5) is 4.39 Å². The van der Waals surface area contributed by atoms with Gasteiger partial charge in [-0.05, 0) is 42.0 Å². The van der Waals surface area contributed by atoms with Crippen LogP contribution in [0.2, 0.25) is 0 Å². The average molecular weight is 341 g/mol. The fourth-order valence-corrected chi connectivity index (χ4v) is 2.92. The Morgan fingerprint density at radius 2 is 1.84 bits per heavy atom. The molecule has 1 heterocycles. The van der Waals surface area contributed by atoms with Crippen LogP contribution in [0.1, 0.15) is 17.2 Å². The number of benzene rings is 2. The molecule has 1 saturated heterocycles. The molecule has 1 atom stereocenters. The number of carbonyl (C=O) groups is 2. The van der Waals surface area contributed by atoms with Gasteiger partial charge < -0.3 is 14.7 Å². The Labute approximate surface area is 144 Å². The van der Waals surface area contributed by atoms with Crippen molar-refractivity contribution in [2.75, 3.05) is 14.2 Å². The van der Waals surface area contributed by atoms with Gasteiger partial charge in [-0.2, -0.15) is 0 Å². The second-order valence-corrected chi connectivity index (χ2v) is 5.69. The number of aliphatic hydroxyl groups is 1. The number of methoxy groups -OCH3 is 1. The third kappa shape index (κ3) is 2.87. The van der Waals surface area contributed by atoms with Crippen molar-refractivity contribution >= 4 is 17.4 Å². The van der Waals surface area contributed by atoms with Crippen molar-refractivity contribution in [3.8, 4) is 5.75 Å². The number of likely N-dealkylation sites (tertiary alicyclic amines) is 1. The van der Waals surface area contributed by atoms with Crippen molar-refractivity contribution in [2.45, 2.75) is 6.04 Å². The highest BCUT2D eigenvalue weighted by Gasteiger charge is 2.44. The number of hydrogen-bond acceptors (Lipinski definition) is 4. The van der Waals surface area contributed by atoms with E-state index >= 15 is 0 Å². The van der Waals surface area contributed by atoms with Gasteiger partial charge in [0.2, 0.25) is 0 Å². The topological polar surface area (TPSA) is 66.8 Å². The first-order valence-corrected chi connectivity index (χ1v) is 7.58. The van der Waals surface area contributed by atoms with Crippen LogP contribution in [0.15, 0.2) is 54.1 Å². The van der Waals surface area contributed by atoms with Gasteiger partial charge in [-0.15, -0.1) is 0 Å².